The lowest BCUT2D eigenvalue weighted by atomic mass is 10.2. The third kappa shape index (κ3) is 3.38. The fraction of sp³-hybridized carbons (Fsp3) is 0.412. The van der Waals surface area contributed by atoms with E-state index in [1.807, 2.05) is 0 Å². The van der Waals surface area contributed by atoms with Gasteiger partial charge in [0, 0.05) is 26.2 Å². The molecule has 0 aromatic carbocycles. The van der Waals surface area contributed by atoms with Gasteiger partial charge in [0.2, 0.25) is 5.82 Å². The zero-order valence-electron chi connectivity index (χ0n) is 14.1. The first-order valence-corrected chi connectivity index (χ1v) is 8.12. The second-order valence-corrected chi connectivity index (χ2v) is 5.91. The number of likely N-dealkylation sites (tertiary alicyclic amines) is 1. The molecule has 3 rings (SSSR count). The van der Waals surface area contributed by atoms with Gasteiger partial charge in [0.25, 0.3) is 17.3 Å². The van der Waals surface area contributed by atoms with Crippen LogP contribution in [0, 0.1) is 5.82 Å². The topological polar surface area (TPSA) is 77.3 Å². The molecule has 0 aliphatic carbocycles. The molecule has 0 bridgehead atoms. The van der Waals surface area contributed by atoms with Gasteiger partial charge in [-0.05, 0) is 18.6 Å². The number of ether oxygens (including phenoxy) is 1. The molecule has 1 atom stereocenters. The normalized spacial score (nSPS) is 16.9. The number of aryl methyl sites for hydroxylation is 2. The second kappa shape index (κ2) is 7.00. The van der Waals surface area contributed by atoms with Gasteiger partial charge < -0.3 is 14.2 Å². The van der Waals surface area contributed by atoms with Crippen molar-refractivity contribution in [3.8, 4) is 5.88 Å². The maximum Gasteiger partial charge on any atom is 0.263 e. The van der Waals surface area contributed by atoms with E-state index in [4.69, 9.17) is 4.74 Å². The van der Waals surface area contributed by atoms with Crippen LogP contribution in [0.25, 0.3) is 0 Å². The highest BCUT2D eigenvalue weighted by atomic mass is 19.1. The van der Waals surface area contributed by atoms with Crippen molar-refractivity contribution in [3.63, 3.8) is 0 Å². The van der Waals surface area contributed by atoms with Gasteiger partial charge in [-0.2, -0.15) is 9.37 Å². The zero-order valence-corrected chi connectivity index (χ0v) is 14.1. The maximum absolute atomic E-state index is 14.2. The molecule has 0 spiro atoms. The molecular formula is C17H19FN4O3. The average Bonchev–Trinajstić information content (AvgIpc) is 3.07. The van der Waals surface area contributed by atoms with E-state index in [2.05, 4.69) is 9.97 Å². The first kappa shape index (κ1) is 17.1. The fourth-order valence-electron chi connectivity index (χ4n) is 2.81. The summed E-state index contributed by atoms with van der Waals surface area (Å²) in [7, 11) is 1.60. The van der Waals surface area contributed by atoms with Gasteiger partial charge >= 0.3 is 0 Å². The summed E-state index contributed by atoms with van der Waals surface area (Å²) in [4.78, 5) is 33.9. The van der Waals surface area contributed by atoms with Crippen molar-refractivity contribution >= 4 is 5.91 Å². The molecule has 2 aromatic heterocycles. The Labute approximate surface area is 144 Å². The third-order valence-corrected chi connectivity index (χ3v) is 4.23. The smallest absolute Gasteiger partial charge is 0.263 e. The van der Waals surface area contributed by atoms with Crippen LogP contribution >= 0.6 is 0 Å². The van der Waals surface area contributed by atoms with Crippen molar-refractivity contribution in [3.05, 3.63) is 52.1 Å². The number of rotatable bonds is 4. The molecule has 1 amide bonds. The van der Waals surface area contributed by atoms with Crippen LogP contribution in [0.15, 0.2) is 29.5 Å². The maximum atomic E-state index is 14.2. The predicted molar refractivity (Wildman–Crippen MR) is 88.0 cm³/mol. The second-order valence-electron chi connectivity index (χ2n) is 5.91. The Hall–Kier alpha value is -2.77. The van der Waals surface area contributed by atoms with E-state index in [9.17, 15) is 14.0 Å². The summed E-state index contributed by atoms with van der Waals surface area (Å²) >= 11 is 0. The highest BCUT2D eigenvalue weighted by molar-refractivity contribution is 5.94. The lowest BCUT2D eigenvalue weighted by Crippen LogP contribution is -2.35. The summed E-state index contributed by atoms with van der Waals surface area (Å²) in [5.41, 5.74) is 0.0714. The Bertz CT molecular complexity index is 852. The summed E-state index contributed by atoms with van der Waals surface area (Å²) in [5.74, 6) is -1.00. The number of halogens is 1. The van der Waals surface area contributed by atoms with E-state index in [1.165, 1.54) is 17.0 Å². The third-order valence-electron chi connectivity index (χ3n) is 4.23. The molecule has 7 nitrogen and oxygen atoms in total. The minimum atomic E-state index is -0.563. The number of carbonyl (C=O) groups excluding carboxylic acids is 1. The van der Waals surface area contributed by atoms with E-state index in [0.717, 1.165) is 0 Å². The first-order valence-electron chi connectivity index (χ1n) is 8.12. The van der Waals surface area contributed by atoms with Gasteiger partial charge in [-0.25, -0.2) is 4.98 Å². The fourth-order valence-corrected chi connectivity index (χ4v) is 2.81. The molecule has 1 fully saturated rings. The molecule has 8 heteroatoms. The van der Waals surface area contributed by atoms with Crippen LogP contribution in [-0.2, 0) is 13.5 Å². The number of hydrogen-bond acceptors (Lipinski definition) is 5. The number of carbonyl (C=O) groups is 1. The van der Waals surface area contributed by atoms with Gasteiger partial charge in [0.05, 0.1) is 12.2 Å². The SMILES string of the molecule is CCc1ncnc(O[C@H]2CCN(C(=O)c3cccn(C)c3=O)C2)c1F. The Morgan fingerprint density at radius 2 is 2.24 bits per heavy atom. The van der Waals surface area contributed by atoms with Crippen molar-refractivity contribution in [2.24, 2.45) is 7.05 Å². The van der Waals surface area contributed by atoms with Crippen LogP contribution < -0.4 is 10.3 Å². The molecule has 0 radical (unpaired) electrons. The van der Waals surface area contributed by atoms with E-state index < -0.39 is 5.82 Å². The van der Waals surface area contributed by atoms with Crippen LogP contribution in [0.5, 0.6) is 5.88 Å². The summed E-state index contributed by atoms with van der Waals surface area (Å²) in [5, 5.41) is 0. The van der Waals surface area contributed by atoms with Gasteiger partial charge in [-0.15, -0.1) is 0 Å². The van der Waals surface area contributed by atoms with Crippen LogP contribution in [-0.4, -0.2) is 44.5 Å². The molecule has 1 aliphatic rings. The van der Waals surface area contributed by atoms with E-state index >= 15 is 0 Å². The molecule has 1 saturated heterocycles. The molecule has 25 heavy (non-hydrogen) atoms. The number of hydrogen-bond donors (Lipinski definition) is 0. The quantitative estimate of drug-likeness (QED) is 0.831. The van der Waals surface area contributed by atoms with Crippen molar-refractivity contribution < 1.29 is 13.9 Å². The number of pyridine rings is 1. The minimum absolute atomic E-state index is 0.0956. The van der Waals surface area contributed by atoms with Crippen molar-refractivity contribution in [2.45, 2.75) is 25.9 Å². The Morgan fingerprint density at radius 1 is 1.44 bits per heavy atom. The lowest BCUT2D eigenvalue weighted by molar-refractivity contribution is 0.0767. The Kier molecular flexibility index (Phi) is 4.78. The van der Waals surface area contributed by atoms with Gasteiger partial charge in [0.1, 0.15) is 18.0 Å². The number of amides is 1. The number of aromatic nitrogens is 3. The van der Waals surface area contributed by atoms with Gasteiger partial charge in [-0.1, -0.05) is 6.92 Å². The average molecular weight is 346 g/mol. The van der Waals surface area contributed by atoms with Crippen molar-refractivity contribution in [1.29, 1.82) is 0 Å². The minimum Gasteiger partial charge on any atom is -0.470 e. The molecule has 0 unspecified atom stereocenters. The van der Waals surface area contributed by atoms with Crippen LogP contribution in [0.3, 0.4) is 0 Å². The van der Waals surface area contributed by atoms with Gasteiger partial charge in [-0.3, -0.25) is 9.59 Å². The Morgan fingerprint density at radius 3 is 3.00 bits per heavy atom. The van der Waals surface area contributed by atoms with Crippen molar-refractivity contribution in [2.75, 3.05) is 13.1 Å². The number of nitrogens with zero attached hydrogens (tertiary/aromatic N) is 4. The van der Waals surface area contributed by atoms with Crippen LogP contribution in [0.1, 0.15) is 29.4 Å². The van der Waals surface area contributed by atoms with Crippen LogP contribution in [0.4, 0.5) is 4.39 Å². The molecule has 0 N–H and O–H groups in total. The predicted octanol–water partition coefficient (Wildman–Crippen LogP) is 1.17. The zero-order chi connectivity index (χ0) is 18.0. The monoisotopic (exact) mass is 346 g/mol. The van der Waals surface area contributed by atoms with Crippen molar-refractivity contribution in [1.82, 2.24) is 19.4 Å². The largest absolute Gasteiger partial charge is 0.470 e. The Balaban J connectivity index is 1.71. The lowest BCUT2D eigenvalue weighted by Gasteiger charge is -2.17. The summed E-state index contributed by atoms with van der Waals surface area (Å²) in [6, 6.07) is 3.16. The van der Waals surface area contributed by atoms with E-state index in [-0.39, 0.29) is 35.6 Å². The molecule has 0 saturated carbocycles. The summed E-state index contributed by atoms with van der Waals surface area (Å²) in [6.07, 6.45) is 3.48. The molecule has 132 valence electrons. The molecular weight excluding hydrogens is 327 g/mol. The summed E-state index contributed by atoms with van der Waals surface area (Å²) in [6.45, 7) is 2.52. The van der Waals surface area contributed by atoms with E-state index in [0.29, 0.717) is 25.1 Å². The standard InChI is InChI=1S/C17H19FN4O3/c1-3-13-14(18)15(20-10-19-13)25-11-6-8-22(9-11)17(24)12-5-4-7-21(2)16(12)23/h4-5,7,10-11H,3,6,8-9H2,1-2H3/t11-/m0/s1. The van der Waals surface area contributed by atoms with Gasteiger partial charge in [0.15, 0.2) is 0 Å². The highest BCUT2D eigenvalue weighted by Crippen LogP contribution is 2.21. The molecule has 2 aromatic rings. The molecule has 1 aliphatic heterocycles. The highest BCUT2D eigenvalue weighted by Gasteiger charge is 2.30. The molecule has 3 heterocycles. The van der Waals surface area contributed by atoms with Crippen LogP contribution in [0.2, 0.25) is 0 Å². The summed E-state index contributed by atoms with van der Waals surface area (Å²) < 4.78 is 21.1. The first-order chi connectivity index (χ1) is 12.0. The van der Waals surface area contributed by atoms with E-state index in [1.54, 1.807) is 31.1 Å².